The Kier molecular flexibility index (Phi) is 2.25. The van der Waals surface area contributed by atoms with Gasteiger partial charge >= 0.3 is 0 Å². The molecular formula is C9H6Cl2N2. The molecule has 0 unspecified atom stereocenters. The highest BCUT2D eigenvalue weighted by molar-refractivity contribution is 6.34. The molecule has 0 N–H and O–H groups in total. The summed E-state index contributed by atoms with van der Waals surface area (Å²) in [5.41, 5.74) is 0. The van der Waals surface area contributed by atoms with Gasteiger partial charge in [0.2, 0.25) is 0 Å². The molecule has 66 valence electrons. The van der Waals surface area contributed by atoms with Gasteiger partial charge in [0.25, 0.3) is 0 Å². The molecule has 0 saturated heterocycles. The average Bonchev–Trinajstić information content (AvgIpc) is 2.47. The summed E-state index contributed by atoms with van der Waals surface area (Å²) >= 11 is 11.7. The monoisotopic (exact) mass is 212 g/mol. The molecule has 2 rings (SSSR count). The lowest BCUT2D eigenvalue weighted by Crippen LogP contribution is -1.93. The van der Waals surface area contributed by atoms with Crippen molar-refractivity contribution in [3.05, 3.63) is 46.8 Å². The first-order valence-electron chi connectivity index (χ1n) is 3.72. The average molecular weight is 213 g/mol. The quantitative estimate of drug-likeness (QED) is 0.711. The van der Waals surface area contributed by atoms with Crippen LogP contribution in [0.3, 0.4) is 0 Å². The third-order valence-electron chi connectivity index (χ3n) is 1.64. The minimum Gasteiger partial charge on any atom is -0.290 e. The topological polar surface area (TPSA) is 17.8 Å². The number of aromatic nitrogens is 2. The van der Waals surface area contributed by atoms with Gasteiger partial charge in [-0.05, 0) is 18.2 Å². The molecule has 2 nitrogen and oxygen atoms in total. The van der Waals surface area contributed by atoms with Gasteiger partial charge in [-0.25, -0.2) is 4.98 Å². The van der Waals surface area contributed by atoms with E-state index in [1.165, 1.54) is 0 Å². The van der Waals surface area contributed by atoms with Crippen LogP contribution in [0.4, 0.5) is 0 Å². The van der Waals surface area contributed by atoms with Crippen molar-refractivity contribution >= 4 is 23.2 Å². The van der Waals surface area contributed by atoms with Gasteiger partial charge in [-0.2, -0.15) is 0 Å². The summed E-state index contributed by atoms with van der Waals surface area (Å²) in [5.74, 6) is 0.763. The molecule has 13 heavy (non-hydrogen) atoms. The van der Waals surface area contributed by atoms with E-state index in [0.29, 0.717) is 10.2 Å². The largest absolute Gasteiger partial charge is 0.290 e. The van der Waals surface area contributed by atoms with E-state index in [1.54, 1.807) is 23.0 Å². The van der Waals surface area contributed by atoms with E-state index >= 15 is 0 Å². The van der Waals surface area contributed by atoms with E-state index in [-0.39, 0.29) is 0 Å². The van der Waals surface area contributed by atoms with E-state index in [0.717, 1.165) is 5.82 Å². The van der Waals surface area contributed by atoms with E-state index in [4.69, 9.17) is 23.2 Å². The van der Waals surface area contributed by atoms with E-state index in [9.17, 15) is 0 Å². The predicted molar refractivity (Wildman–Crippen MR) is 53.6 cm³/mol. The van der Waals surface area contributed by atoms with Gasteiger partial charge < -0.3 is 0 Å². The van der Waals surface area contributed by atoms with Crippen molar-refractivity contribution in [1.29, 1.82) is 0 Å². The maximum atomic E-state index is 5.92. The first-order valence-corrected chi connectivity index (χ1v) is 4.48. The Morgan fingerprint density at radius 1 is 1.23 bits per heavy atom. The number of nitrogens with zero attached hydrogens (tertiary/aromatic N) is 2. The van der Waals surface area contributed by atoms with Crippen LogP contribution in [-0.2, 0) is 0 Å². The zero-order chi connectivity index (χ0) is 9.26. The molecule has 0 aromatic carbocycles. The fourth-order valence-electron chi connectivity index (χ4n) is 1.08. The van der Waals surface area contributed by atoms with Crippen LogP contribution in [0, 0.1) is 0 Å². The van der Waals surface area contributed by atoms with Gasteiger partial charge in [-0.15, -0.1) is 0 Å². The molecule has 2 aromatic rings. The molecule has 4 heteroatoms. The summed E-state index contributed by atoms with van der Waals surface area (Å²) in [6.45, 7) is 0. The van der Waals surface area contributed by atoms with Crippen LogP contribution in [-0.4, -0.2) is 9.55 Å². The maximum absolute atomic E-state index is 5.92. The second kappa shape index (κ2) is 3.40. The summed E-state index contributed by atoms with van der Waals surface area (Å²) in [6.07, 6.45) is 3.44. The summed E-state index contributed by atoms with van der Waals surface area (Å²) in [5, 5.41) is 1.17. The molecule has 0 aliphatic carbocycles. The first-order chi connectivity index (χ1) is 6.27. The Labute approximate surface area is 85.7 Å². The molecule has 0 atom stereocenters. The van der Waals surface area contributed by atoms with Crippen molar-refractivity contribution in [2.75, 3.05) is 0 Å². The summed E-state index contributed by atoms with van der Waals surface area (Å²) in [6, 6.07) is 7.29. The molecule has 0 amide bonds. The number of hydrogen-bond donors (Lipinski definition) is 0. The van der Waals surface area contributed by atoms with Crippen molar-refractivity contribution in [1.82, 2.24) is 9.55 Å². The molecule has 0 spiro atoms. The Balaban J connectivity index is 2.53. The third kappa shape index (κ3) is 1.69. The summed E-state index contributed by atoms with van der Waals surface area (Å²) in [4.78, 5) is 4.14. The van der Waals surface area contributed by atoms with Gasteiger partial charge in [0.1, 0.15) is 11.0 Å². The van der Waals surface area contributed by atoms with Gasteiger partial charge in [0.05, 0.1) is 5.02 Å². The SMILES string of the molecule is Clc1cc(Cl)n(-c2ccccn2)c1. The molecule has 2 heterocycles. The van der Waals surface area contributed by atoms with Crippen molar-refractivity contribution in [2.24, 2.45) is 0 Å². The minimum atomic E-state index is 0.559. The second-order valence-electron chi connectivity index (χ2n) is 2.54. The molecule has 0 aliphatic heterocycles. The summed E-state index contributed by atoms with van der Waals surface area (Å²) in [7, 11) is 0. The highest BCUT2D eigenvalue weighted by Gasteiger charge is 2.03. The molecule has 0 bridgehead atoms. The Bertz CT molecular complexity index is 409. The molecule has 2 aromatic heterocycles. The lowest BCUT2D eigenvalue weighted by atomic mass is 10.5. The standard InChI is InChI=1S/C9H6Cl2N2/c10-7-5-8(11)13(6-7)9-3-1-2-4-12-9/h1-6H. The highest BCUT2D eigenvalue weighted by Crippen LogP contribution is 2.21. The second-order valence-corrected chi connectivity index (χ2v) is 3.36. The number of halogens is 2. The van der Waals surface area contributed by atoms with Gasteiger partial charge in [0.15, 0.2) is 0 Å². The van der Waals surface area contributed by atoms with Crippen molar-refractivity contribution in [2.45, 2.75) is 0 Å². The lowest BCUT2D eigenvalue weighted by Gasteiger charge is -2.01. The van der Waals surface area contributed by atoms with Crippen LogP contribution < -0.4 is 0 Å². The van der Waals surface area contributed by atoms with Gasteiger partial charge in [-0.3, -0.25) is 4.57 Å². The predicted octanol–water partition coefficient (Wildman–Crippen LogP) is 3.18. The Morgan fingerprint density at radius 3 is 2.62 bits per heavy atom. The van der Waals surface area contributed by atoms with E-state index in [1.807, 2.05) is 18.2 Å². The Hall–Kier alpha value is -0.990. The van der Waals surface area contributed by atoms with Crippen LogP contribution in [0.1, 0.15) is 0 Å². The van der Waals surface area contributed by atoms with Crippen LogP contribution in [0.15, 0.2) is 36.7 Å². The Morgan fingerprint density at radius 2 is 2.08 bits per heavy atom. The molecular weight excluding hydrogens is 207 g/mol. The van der Waals surface area contributed by atoms with Crippen molar-refractivity contribution in [3.8, 4) is 5.82 Å². The van der Waals surface area contributed by atoms with Crippen LogP contribution in [0.25, 0.3) is 5.82 Å². The van der Waals surface area contributed by atoms with Crippen molar-refractivity contribution in [3.63, 3.8) is 0 Å². The minimum absolute atomic E-state index is 0.559. The maximum Gasteiger partial charge on any atom is 0.137 e. The van der Waals surface area contributed by atoms with Crippen molar-refractivity contribution < 1.29 is 0 Å². The fourth-order valence-corrected chi connectivity index (χ4v) is 1.59. The lowest BCUT2D eigenvalue weighted by molar-refractivity contribution is 1.01. The first kappa shape index (κ1) is 8.60. The van der Waals surface area contributed by atoms with Crippen LogP contribution in [0.5, 0.6) is 0 Å². The number of pyridine rings is 1. The molecule has 0 fully saturated rings. The zero-order valence-corrected chi connectivity index (χ0v) is 8.13. The van der Waals surface area contributed by atoms with Gasteiger partial charge in [0, 0.05) is 12.4 Å². The van der Waals surface area contributed by atoms with Crippen LogP contribution in [0.2, 0.25) is 10.2 Å². The molecule has 0 aliphatic rings. The van der Waals surface area contributed by atoms with Crippen LogP contribution >= 0.6 is 23.2 Å². The smallest absolute Gasteiger partial charge is 0.137 e. The third-order valence-corrected chi connectivity index (χ3v) is 2.13. The molecule has 0 radical (unpaired) electrons. The van der Waals surface area contributed by atoms with E-state index in [2.05, 4.69) is 4.98 Å². The molecule has 0 saturated carbocycles. The fraction of sp³-hybridized carbons (Fsp3) is 0. The number of hydrogen-bond acceptors (Lipinski definition) is 1. The van der Waals surface area contributed by atoms with Gasteiger partial charge in [-0.1, -0.05) is 29.3 Å². The zero-order valence-electron chi connectivity index (χ0n) is 6.61. The number of rotatable bonds is 1. The normalized spacial score (nSPS) is 10.3. The highest BCUT2D eigenvalue weighted by atomic mass is 35.5. The summed E-state index contributed by atoms with van der Waals surface area (Å²) < 4.78 is 1.73. The van der Waals surface area contributed by atoms with E-state index < -0.39 is 0 Å².